The molecule has 0 radical (unpaired) electrons. The number of methoxy groups -OCH3 is 2. The Morgan fingerprint density at radius 3 is 2.62 bits per heavy atom. The van der Waals surface area contributed by atoms with Gasteiger partial charge in [-0.25, -0.2) is 9.78 Å². The molecule has 0 unspecified atom stereocenters. The van der Waals surface area contributed by atoms with Crippen LogP contribution in [0.1, 0.15) is 10.4 Å². The van der Waals surface area contributed by atoms with Gasteiger partial charge in [0, 0.05) is 11.3 Å². The SMILES string of the molecule is COC(=O)c1cc(NC(=O)CSc2n[nH]c(-c3ccc(OC)cc3)n2)ccc1Cl. The van der Waals surface area contributed by atoms with Crippen molar-refractivity contribution in [3.8, 4) is 17.1 Å². The summed E-state index contributed by atoms with van der Waals surface area (Å²) in [7, 11) is 2.86. The zero-order chi connectivity index (χ0) is 20.8. The van der Waals surface area contributed by atoms with Crippen LogP contribution in [0.15, 0.2) is 47.6 Å². The van der Waals surface area contributed by atoms with Crippen LogP contribution in [0.4, 0.5) is 5.69 Å². The number of nitrogens with zero attached hydrogens (tertiary/aromatic N) is 2. The van der Waals surface area contributed by atoms with E-state index in [0.29, 0.717) is 16.7 Å². The van der Waals surface area contributed by atoms with E-state index < -0.39 is 5.97 Å². The summed E-state index contributed by atoms with van der Waals surface area (Å²) in [5.74, 6) is 0.583. The second kappa shape index (κ2) is 9.44. The molecule has 2 N–H and O–H groups in total. The zero-order valence-electron chi connectivity index (χ0n) is 15.6. The molecule has 10 heteroatoms. The van der Waals surface area contributed by atoms with Crippen molar-refractivity contribution in [1.29, 1.82) is 0 Å². The molecule has 2 aromatic carbocycles. The van der Waals surface area contributed by atoms with Gasteiger partial charge in [0.25, 0.3) is 0 Å². The lowest BCUT2D eigenvalue weighted by atomic mass is 10.2. The summed E-state index contributed by atoms with van der Waals surface area (Å²) in [6, 6.07) is 12.0. The number of carbonyl (C=O) groups is 2. The molecule has 0 aliphatic rings. The zero-order valence-corrected chi connectivity index (χ0v) is 17.1. The maximum Gasteiger partial charge on any atom is 0.339 e. The van der Waals surface area contributed by atoms with Gasteiger partial charge < -0.3 is 14.8 Å². The fourth-order valence-corrected chi connectivity index (χ4v) is 3.18. The first-order valence-corrected chi connectivity index (χ1v) is 9.74. The molecule has 0 saturated carbocycles. The van der Waals surface area contributed by atoms with Crippen molar-refractivity contribution in [2.45, 2.75) is 5.16 Å². The molecule has 1 heterocycles. The Balaban J connectivity index is 1.58. The molecule has 0 aliphatic heterocycles. The number of rotatable bonds is 7. The van der Waals surface area contributed by atoms with Crippen LogP contribution in [0.25, 0.3) is 11.4 Å². The molecular weight excluding hydrogens is 416 g/mol. The minimum Gasteiger partial charge on any atom is -0.497 e. The average molecular weight is 433 g/mol. The molecule has 0 spiro atoms. The Hall–Kier alpha value is -3.04. The predicted octanol–water partition coefficient (Wildman–Crippen LogP) is 3.65. The van der Waals surface area contributed by atoms with E-state index in [1.807, 2.05) is 24.3 Å². The van der Waals surface area contributed by atoms with Crippen molar-refractivity contribution >= 4 is 40.9 Å². The molecule has 3 aromatic rings. The normalized spacial score (nSPS) is 10.4. The van der Waals surface area contributed by atoms with Gasteiger partial charge in [-0.15, -0.1) is 5.10 Å². The number of ether oxygens (including phenoxy) is 2. The minimum atomic E-state index is -0.577. The summed E-state index contributed by atoms with van der Waals surface area (Å²) < 4.78 is 9.80. The lowest BCUT2D eigenvalue weighted by molar-refractivity contribution is -0.113. The summed E-state index contributed by atoms with van der Waals surface area (Å²) in [5.41, 5.74) is 1.47. The molecule has 29 heavy (non-hydrogen) atoms. The highest BCUT2D eigenvalue weighted by Gasteiger charge is 2.13. The number of benzene rings is 2. The number of thioether (sulfide) groups is 1. The Kier molecular flexibility index (Phi) is 6.73. The molecular formula is C19H17ClN4O4S. The van der Waals surface area contributed by atoms with Gasteiger partial charge in [0.2, 0.25) is 11.1 Å². The third kappa shape index (κ3) is 5.27. The average Bonchev–Trinajstić information content (AvgIpc) is 3.22. The topological polar surface area (TPSA) is 106 Å². The molecule has 1 aromatic heterocycles. The highest BCUT2D eigenvalue weighted by atomic mass is 35.5. The number of amides is 1. The molecule has 0 atom stereocenters. The van der Waals surface area contributed by atoms with Gasteiger partial charge in [-0.05, 0) is 42.5 Å². The Bertz CT molecular complexity index is 1020. The minimum absolute atomic E-state index is 0.0933. The van der Waals surface area contributed by atoms with Crippen molar-refractivity contribution in [1.82, 2.24) is 15.2 Å². The van der Waals surface area contributed by atoms with Crippen LogP contribution < -0.4 is 10.1 Å². The molecule has 150 valence electrons. The number of hydrogen-bond donors (Lipinski definition) is 2. The first-order chi connectivity index (χ1) is 14.0. The predicted molar refractivity (Wildman–Crippen MR) is 111 cm³/mol. The Morgan fingerprint density at radius 1 is 1.17 bits per heavy atom. The van der Waals surface area contributed by atoms with Crippen LogP contribution in [-0.4, -0.2) is 47.0 Å². The molecule has 1 amide bonds. The van der Waals surface area contributed by atoms with Crippen LogP contribution in [0, 0.1) is 0 Å². The third-order valence-corrected chi connectivity index (χ3v) is 4.99. The monoisotopic (exact) mass is 432 g/mol. The standard InChI is InChI=1S/C19H17ClN4O4S/c1-27-13-6-3-11(4-7-13)17-22-19(24-23-17)29-10-16(25)21-12-5-8-15(20)14(9-12)18(26)28-2/h3-9H,10H2,1-2H3,(H,21,25)(H,22,23,24). The second-order valence-corrected chi connectivity index (χ2v) is 7.07. The lowest BCUT2D eigenvalue weighted by Gasteiger charge is -2.07. The van der Waals surface area contributed by atoms with E-state index in [9.17, 15) is 9.59 Å². The Morgan fingerprint density at radius 2 is 1.93 bits per heavy atom. The number of H-pyrrole nitrogens is 1. The summed E-state index contributed by atoms with van der Waals surface area (Å²) in [5, 5.41) is 10.3. The molecule has 3 rings (SSSR count). The van der Waals surface area contributed by atoms with Crippen LogP contribution in [0.5, 0.6) is 5.75 Å². The number of nitrogens with one attached hydrogen (secondary N) is 2. The maximum atomic E-state index is 12.2. The van der Waals surface area contributed by atoms with Gasteiger partial charge in [0.05, 0.1) is 30.6 Å². The lowest BCUT2D eigenvalue weighted by Crippen LogP contribution is -2.15. The molecule has 0 bridgehead atoms. The van der Waals surface area contributed by atoms with E-state index in [0.717, 1.165) is 11.3 Å². The largest absolute Gasteiger partial charge is 0.497 e. The van der Waals surface area contributed by atoms with E-state index in [4.69, 9.17) is 16.3 Å². The molecule has 0 saturated heterocycles. The van der Waals surface area contributed by atoms with Gasteiger partial charge >= 0.3 is 5.97 Å². The van der Waals surface area contributed by atoms with Gasteiger partial charge in [-0.3, -0.25) is 9.89 Å². The van der Waals surface area contributed by atoms with Crippen molar-refractivity contribution in [3.05, 3.63) is 53.1 Å². The number of anilines is 1. The number of aromatic amines is 1. The smallest absolute Gasteiger partial charge is 0.339 e. The van der Waals surface area contributed by atoms with Crippen LogP contribution >= 0.6 is 23.4 Å². The summed E-state index contributed by atoms with van der Waals surface area (Å²) in [6.45, 7) is 0. The highest BCUT2D eigenvalue weighted by molar-refractivity contribution is 7.99. The number of esters is 1. The van der Waals surface area contributed by atoms with Crippen molar-refractivity contribution in [2.75, 3.05) is 25.3 Å². The van der Waals surface area contributed by atoms with Crippen LogP contribution in [0.3, 0.4) is 0 Å². The van der Waals surface area contributed by atoms with E-state index in [2.05, 4.69) is 25.2 Å². The van der Waals surface area contributed by atoms with E-state index in [1.54, 1.807) is 13.2 Å². The Labute approximate surface area is 176 Å². The van der Waals surface area contributed by atoms with Crippen LogP contribution in [-0.2, 0) is 9.53 Å². The first kappa shape index (κ1) is 20.7. The van der Waals surface area contributed by atoms with E-state index in [1.165, 1.54) is 31.0 Å². The fourth-order valence-electron chi connectivity index (χ4n) is 2.39. The van der Waals surface area contributed by atoms with Crippen molar-refractivity contribution in [3.63, 3.8) is 0 Å². The number of hydrogen-bond acceptors (Lipinski definition) is 7. The van der Waals surface area contributed by atoms with Gasteiger partial charge in [0.1, 0.15) is 5.75 Å². The van der Waals surface area contributed by atoms with Gasteiger partial charge in [0.15, 0.2) is 5.82 Å². The van der Waals surface area contributed by atoms with Gasteiger partial charge in [-0.2, -0.15) is 0 Å². The molecule has 0 fully saturated rings. The van der Waals surface area contributed by atoms with Crippen molar-refractivity contribution < 1.29 is 19.1 Å². The van der Waals surface area contributed by atoms with E-state index in [-0.39, 0.29) is 22.2 Å². The number of halogens is 1. The first-order valence-electron chi connectivity index (χ1n) is 8.37. The summed E-state index contributed by atoms with van der Waals surface area (Å²) in [6.07, 6.45) is 0. The number of carbonyl (C=O) groups excluding carboxylic acids is 2. The van der Waals surface area contributed by atoms with Crippen LogP contribution in [0.2, 0.25) is 5.02 Å². The summed E-state index contributed by atoms with van der Waals surface area (Å²) in [4.78, 5) is 28.3. The van der Waals surface area contributed by atoms with Gasteiger partial charge in [-0.1, -0.05) is 23.4 Å². The highest BCUT2D eigenvalue weighted by Crippen LogP contribution is 2.23. The van der Waals surface area contributed by atoms with E-state index >= 15 is 0 Å². The summed E-state index contributed by atoms with van der Waals surface area (Å²) >= 11 is 7.15. The second-order valence-electron chi connectivity index (χ2n) is 5.72. The van der Waals surface area contributed by atoms with Crippen molar-refractivity contribution in [2.24, 2.45) is 0 Å². The quantitative estimate of drug-likeness (QED) is 0.433. The molecule has 8 nitrogen and oxygen atoms in total. The maximum absolute atomic E-state index is 12.2. The molecule has 0 aliphatic carbocycles. The number of aromatic nitrogens is 3. The third-order valence-electron chi connectivity index (χ3n) is 3.82. The fraction of sp³-hybridized carbons (Fsp3) is 0.158.